The third kappa shape index (κ3) is 3.89. The number of nitrogens with one attached hydrogen (secondary N) is 1. The molecule has 0 aliphatic heterocycles. The number of thiazole rings is 1. The molecule has 0 aliphatic carbocycles. The van der Waals surface area contributed by atoms with Crippen LogP contribution in [-0.4, -0.2) is 24.2 Å². The quantitative estimate of drug-likeness (QED) is 0.839. The number of hydrogen-bond acceptors (Lipinski definition) is 4. The smallest absolute Gasteiger partial charge is 0.0900 e. The molecule has 0 spiro atoms. The minimum absolute atomic E-state index is 0.0130. The number of nitrogens with zero attached hydrogens (tertiary/aromatic N) is 1. The highest BCUT2D eigenvalue weighted by atomic mass is 32.1. The molecule has 0 atom stereocenters. The molecule has 86 valence electrons. The average molecular weight is 228 g/mol. The van der Waals surface area contributed by atoms with Gasteiger partial charge < -0.3 is 10.1 Å². The van der Waals surface area contributed by atoms with E-state index < -0.39 is 0 Å². The molecule has 1 N–H and O–H groups in total. The lowest BCUT2D eigenvalue weighted by atomic mass is 10.1. The van der Waals surface area contributed by atoms with E-state index in [0.29, 0.717) is 6.61 Å². The lowest BCUT2D eigenvalue weighted by Gasteiger charge is -2.25. The molecule has 0 aromatic carbocycles. The molecule has 0 bridgehead atoms. The summed E-state index contributed by atoms with van der Waals surface area (Å²) in [6.07, 6.45) is 0. The van der Waals surface area contributed by atoms with E-state index in [2.05, 4.69) is 31.1 Å². The molecule has 3 nitrogen and oxygen atoms in total. The third-order valence-corrected chi connectivity index (χ3v) is 3.31. The van der Waals surface area contributed by atoms with Crippen LogP contribution in [0.3, 0.4) is 0 Å². The normalized spacial score (nSPS) is 12.1. The van der Waals surface area contributed by atoms with Crippen LogP contribution in [0.25, 0.3) is 0 Å². The summed E-state index contributed by atoms with van der Waals surface area (Å²) in [4.78, 5) is 5.72. The molecule has 0 saturated heterocycles. The Morgan fingerprint density at radius 1 is 1.40 bits per heavy atom. The van der Waals surface area contributed by atoms with Crippen LogP contribution in [0, 0.1) is 13.8 Å². The number of aryl methyl sites for hydroxylation is 2. The van der Waals surface area contributed by atoms with Crippen LogP contribution in [-0.2, 0) is 11.3 Å². The van der Waals surface area contributed by atoms with Gasteiger partial charge in [-0.2, -0.15) is 0 Å². The minimum Gasteiger partial charge on any atom is -0.383 e. The molecular formula is C11H20N2OS. The van der Waals surface area contributed by atoms with Crippen molar-refractivity contribution in [1.82, 2.24) is 10.3 Å². The first kappa shape index (κ1) is 12.6. The van der Waals surface area contributed by atoms with Crippen molar-refractivity contribution in [2.75, 3.05) is 13.7 Å². The summed E-state index contributed by atoms with van der Waals surface area (Å²) in [5.41, 5.74) is 1.15. The van der Waals surface area contributed by atoms with Crippen molar-refractivity contribution in [3.05, 3.63) is 15.6 Å². The highest BCUT2D eigenvalue weighted by Gasteiger charge is 2.17. The van der Waals surface area contributed by atoms with Gasteiger partial charge in [-0.25, -0.2) is 4.98 Å². The Labute approximate surface area is 95.9 Å². The van der Waals surface area contributed by atoms with Crippen molar-refractivity contribution >= 4 is 11.3 Å². The van der Waals surface area contributed by atoms with E-state index in [0.717, 1.165) is 17.2 Å². The number of hydrogen-bond donors (Lipinski definition) is 1. The third-order valence-electron chi connectivity index (χ3n) is 2.23. The second-order valence-electron chi connectivity index (χ2n) is 4.41. The highest BCUT2D eigenvalue weighted by Crippen LogP contribution is 2.17. The zero-order valence-corrected chi connectivity index (χ0v) is 11.0. The van der Waals surface area contributed by atoms with Crippen molar-refractivity contribution in [2.24, 2.45) is 0 Å². The van der Waals surface area contributed by atoms with Gasteiger partial charge in [-0.05, 0) is 27.7 Å². The van der Waals surface area contributed by atoms with Crippen LogP contribution < -0.4 is 5.32 Å². The SMILES string of the molecule is COCC(C)(C)NCc1sc(C)nc1C. The molecule has 0 unspecified atom stereocenters. The van der Waals surface area contributed by atoms with E-state index in [1.165, 1.54) is 4.88 Å². The monoisotopic (exact) mass is 228 g/mol. The number of ether oxygens (including phenoxy) is 1. The molecule has 0 aliphatic rings. The molecule has 0 amide bonds. The largest absolute Gasteiger partial charge is 0.383 e. The van der Waals surface area contributed by atoms with Gasteiger partial charge in [0.05, 0.1) is 17.3 Å². The lowest BCUT2D eigenvalue weighted by Crippen LogP contribution is -2.42. The molecule has 4 heteroatoms. The van der Waals surface area contributed by atoms with Gasteiger partial charge in [0.25, 0.3) is 0 Å². The second kappa shape index (κ2) is 5.05. The predicted molar refractivity (Wildman–Crippen MR) is 64.4 cm³/mol. The summed E-state index contributed by atoms with van der Waals surface area (Å²) in [5.74, 6) is 0. The standard InChI is InChI=1S/C11H20N2OS/c1-8-10(15-9(2)13-8)6-12-11(3,4)7-14-5/h12H,6-7H2,1-5H3. The minimum atomic E-state index is 0.0130. The molecular weight excluding hydrogens is 208 g/mol. The molecule has 0 radical (unpaired) electrons. The Bertz CT molecular complexity index is 320. The molecule has 1 heterocycles. The molecule has 0 fully saturated rings. The van der Waals surface area contributed by atoms with Crippen molar-refractivity contribution in [1.29, 1.82) is 0 Å². The number of methoxy groups -OCH3 is 1. The van der Waals surface area contributed by atoms with Crippen molar-refractivity contribution in [2.45, 2.75) is 39.8 Å². The Balaban J connectivity index is 2.53. The topological polar surface area (TPSA) is 34.1 Å². The summed E-state index contributed by atoms with van der Waals surface area (Å²) in [6, 6.07) is 0. The van der Waals surface area contributed by atoms with Crippen LogP contribution in [0.2, 0.25) is 0 Å². The Morgan fingerprint density at radius 3 is 2.53 bits per heavy atom. The van der Waals surface area contributed by atoms with Gasteiger partial charge >= 0.3 is 0 Å². The maximum atomic E-state index is 5.16. The zero-order valence-electron chi connectivity index (χ0n) is 10.2. The van der Waals surface area contributed by atoms with Crippen LogP contribution in [0.15, 0.2) is 0 Å². The molecule has 1 rings (SSSR count). The summed E-state index contributed by atoms with van der Waals surface area (Å²) in [7, 11) is 1.73. The molecule has 1 aromatic rings. The fraction of sp³-hybridized carbons (Fsp3) is 0.727. The van der Waals surface area contributed by atoms with Crippen LogP contribution >= 0.6 is 11.3 Å². The lowest BCUT2D eigenvalue weighted by molar-refractivity contribution is 0.128. The van der Waals surface area contributed by atoms with Crippen molar-refractivity contribution in [3.63, 3.8) is 0 Å². The maximum Gasteiger partial charge on any atom is 0.0900 e. The van der Waals surface area contributed by atoms with E-state index in [4.69, 9.17) is 4.74 Å². The second-order valence-corrected chi connectivity index (χ2v) is 5.70. The van der Waals surface area contributed by atoms with E-state index in [1.807, 2.05) is 6.92 Å². The first-order chi connectivity index (χ1) is 6.94. The van der Waals surface area contributed by atoms with Gasteiger partial charge in [0.15, 0.2) is 0 Å². The van der Waals surface area contributed by atoms with Crippen molar-refractivity contribution in [3.8, 4) is 0 Å². The van der Waals surface area contributed by atoms with E-state index >= 15 is 0 Å². The molecule has 0 saturated carbocycles. The first-order valence-corrected chi connectivity index (χ1v) is 5.93. The fourth-order valence-electron chi connectivity index (χ4n) is 1.47. The summed E-state index contributed by atoms with van der Waals surface area (Å²) in [6.45, 7) is 9.96. The molecule has 1 aromatic heterocycles. The van der Waals surface area contributed by atoms with Crippen LogP contribution in [0.5, 0.6) is 0 Å². The van der Waals surface area contributed by atoms with Gasteiger partial charge in [0.2, 0.25) is 0 Å². The Hall–Kier alpha value is -0.450. The predicted octanol–water partition coefficient (Wildman–Crippen LogP) is 2.27. The van der Waals surface area contributed by atoms with E-state index in [-0.39, 0.29) is 5.54 Å². The number of aromatic nitrogens is 1. The Morgan fingerprint density at radius 2 is 2.07 bits per heavy atom. The fourth-order valence-corrected chi connectivity index (χ4v) is 2.35. The van der Waals surface area contributed by atoms with Crippen LogP contribution in [0.4, 0.5) is 0 Å². The highest BCUT2D eigenvalue weighted by molar-refractivity contribution is 7.11. The zero-order chi connectivity index (χ0) is 11.5. The average Bonchev–Trinajstić information content (AvgIpc) is 2.42. The van der Waals surface area contributed by atoms with Crippen molar-refractivity contribution < 1.29 is 4.74 Å². The van der Waals surface area contributed by atoms with Gasteiger partial charge in [0, 0.05) is 24.1 Å². The summed E-state index contributed by atoms with van der Waals surface area (Å²) in [5, 5.41) is 4.61. The van der Waals surface area contributed by atoms with Gasteiger partial charge in [0.1, 0.15) is 0 Å². The van der Waals surface area contributed by atoms with Gasteiger partial charge in [-0.3, -0.25) is 0 Å². The van der Waals surface area contributed by atoms with E-state index in [9.17, 15) is 0 Å². The summed E-state index contributed by atoms with van der Waals surface area (Å²) < 4.78 is 5.16. The number of rotatable bonds is 5. The first-order valence-electron chi connectivity index (χ1n) is 5.11. The van der Waals surface area contributed by atoms with Crippen LogP contribution in [0.1, 0.15) is 29.4 Å². The summed E-state index contributed by atoms with van der Waals surface area (Å²) >= 11 is 1.76. The van der Waals surface area contributed by atoms with E-state index in [1.54, 1.807) is 18.4 Å². The maximum absolute atomic E-state index is 5.16. The molecule has 15 heavy (non-hydrogen) atoms. The Kier molecular flexibility index (Phi) is 4.25. The van der Waals surface area contributed by atoms with Gasteiger partial charge in [-0.1, -0.05) is 0 Å². The van der Waals surface area contributed by atoms with Gasteiger partial charge in [-0.15, -0.1) is 11.3 Å².